The molecule has 1 aromatic heterocycles. The topological polar surface area (TPSA) is 26.6 Å². The normalized spacial score (nSPS) is 19.1. The number of hydrogen-bond donors (Lipinski definition) is 0. The molecule has 0 amide bonds. The van der Waals surface area contributed by atoms with Crippen LogP contribution in [0.25, 0.3) is 0 Å². The Hall–Kier alpha value is -2.43. The average molecular weight is 395 g/mol. The van der Waals surface area contributed by atoms with Gasteiger partial charge in [0.15, 0.2) is 11.5 Å². The van der Waals surface area contributed by atoms with E-state index < -0.39 is 0 Å². The number of aromatic nitrogens is 1. The first-order valence-electron chi connectivity index (χ1n) is 9.81. The first kappa shape index (κ1) is 17.7. The van der Waals surface area contributed by atoms with Gasteiger partial charge < -0.3 is 14.0 Å². The van der Waals surface area contributed by atoms with E-state index >= 15 is 0 Å². The van der Waals surface area contributed by atoms with Crippen LogP contribution in [0, 0.1) is 0 Å². The van der Waals surface area contributed by atoms with Gasteiger partial charge >= 0.3 is 0 Å². The molecular formula is C23H23ClN2O2. The maximum Gasteiger partial charge on any atom is 0.161 e. The molecule has 28 heavy (non-hydrogen) atoms. The summed E-state index contributed by atoms with van der Waals surface area (Å²) in [6.07, 6.45) is 3.30. The molecule has 5 heteroatoms. The van der Waals surface area contributed by atoms with E-state index in [1.807, 2.05) is 18.2 Å². The maximum atomic E-state index is 6.34. The molecule has 4 nitrogen and oxygen atoms in total. The minimum Gasteiger partial charge on any atom is -0.486 e. The van der Waals surface area contributed by atoms with Crippen LogP contribution in [-0.2, 0) is 13.1 Å². The Kier molecular flexibility index (Phi) is 4.75. The Morgan fingerprint density at radius 2 is 1.82 bits per heavy atom. The van der Waals surface area contributed by atoms with Crippen molar-refractivity contribution in [3.8, 4) is 11.5 Å². The van der Waals surface area contributed by atoms with E-state index in [1.165, 1.54) is 16.8 Å². The zero-order valence-electron chi connectivity index (χ0n) is 15.7. The lowest BCUT2D eigenvalue weighted by atomic mass is 10.0. The number of rotatable bonds is 3. The number of hydrogen-bond acceptors (Lipinski definition) is 3. The first-order chi connectivity index (χ1) is 13.8. The molecule has 1 atom stereocenters. The second-order valence-electron chi connectivity index (χ2n) is 7.39. The fraction of sp³-hybridized carbons (Fsp3) is 0.304. The summed E-state index contributed by atoms with van der Waals surface area (Å²) < 4.78 is 13.8. The molecule has 0 saturated carbocycles. The van der Waals surface area contributed by atoms with Gasteiger partial charge in [0.25, 0.3) is 0 Å². The number of aryl methyl sites for hydroxylation is 1. The fourth-order valence-electron chi connectivity index (χ4n) is 4.29. The van der Waals surface area contributed by atoms with Gasteiger partial charge in [-0.15, -0.1) is 0 Å². The molecule has 5 rings (SSSR count). The predicted molar refractivity (Wildman–Crippen MR) is 110 cm³/mol. The van der Waals surface area contributed by atoms with Crippen molar-refractivity contribution in [1.29, 1.82) is 0 Å². The van der Waals surface area contributed by atoms with Crippen LogP contribution in [0.5, 0.6) is 11.5 Å². The van der Waals surface area contributed by atoms with Crippen LogP contribution in [0.15, 0.2) is 60.8 Å². The highest BCUT2D eigenvalue weighted by Gasteiger charge is 2.28. The molecular weight excluding hydrogens is 372 g/mol. The molecule has 0 radical (unpaired) electrons. The molecule has 0 fully saturated rings. The lowest BCUT2D eigenvalue weighted by molar-refractivity contribution is 0.170. The Morgan fingerprint density at radius 1 is 0.929 bits per heavy atom. The standard InChI is InChI=1S/C23H23ClN2O2/c24-19-5-1-4-18(15-19)23-20-6-2-9-25(20)10-3-11-26(23)16-17-7-8-21-22(14-17)28-13-12-27-21/h1-2,4-9,14-15,23H,3,10-13,16H2. The van der Waals surface area contributed by atoms with Gasteiger partial charge in [-0.05, 0) is 53.9 Å². The second-order valence-corrected chi connectivity index (χ2v) is 7.82. The molecule has 0 spiro atoms. The Morgan fingerprint density at radius 3 is 2.71 bits per heavy atom. The summed E-state index contributed by atoms with van der Waals surface area (Å²) in [6.45, 7) is 4.13. The summed E-state index contributed by atoms with van der Waals surface area (Å²) in [5, 5.41) is 0.777. The number of nitrogens with zero attached hydrogens (tertiary/aromatic N) is 2. The maximum absolute atomic E-state index is 6.34. The summed E-state index contributed by atoms with van der Waals surface area (Å²) >= 11 is 6.34. The van der Waals surface area contributed by atoms with Crippen LogP contribution in [0.3, 0.4) is 0 Å². The quantitative estimate of drug-likeness (QED) is 0.631. The lowest BCUT2D eigenvalue weighted by Crippen LogP contribution is -2.29. The molecule has 144 valence electrons. The Labute approximate surface area is 170 Å². The van der Waals surface area contributed by atoms with Crippen molar-refractivity contribution in [1.82, 2.24) is 9.47 Å². The van der Waals surface area contributed by atoms with Crippen LogP contribution in [-0.4, -0.2) is 29.2 Å². The van der Waals surface area contributed by atoms with Gasteiger partial charge in [0, 0.05) is 36.5 Å². The fourth-order valence-corrected chi connectivity index (χ4v) is 4.49. The molecule has 2 aliphatic heterocycles. The van der Waals surface area contributed by atoms with Crippen molar-refractivity contribution in [3.05, 3.63) is 82.6 Å². The number of benzene rings is 2. The van der Waals surface area contributed by atoms with E-state index in [1.54, 1.807) is 0 Å². The lowest BCUT2D eigenvalue weighted by Gasteiger charge is -2.31. The van der Waals surface area contributed by atoms with Gasteiger partial charge in [-0.1, -0.05) is 29.8 Å². The monoisotopic (exact) mass is 394 g/mol. The first-order valence-corrected chi connectivity index (χ1v) is 10.2. The van der Waals surface area contributed by atoms with Crippen LogP contribution in [0.1, 0.15) is 29.3 Å². The predicted octanol–water partition coefficient (Wildman–Crippen LogP) is 4.91. The highest BCUT2D eigenvalue weighted by atomic mass is 35.5. The minimum atomic E-state index is 0.171. The van der Waals surface area contributed by atoms with E-state index in [-0.39, 0.29) is 6.04 Å². The van der Waals surface area contributed by atoms with Gasteiger partial charge in [-0.2, -0.15) is 0 Å². The molecule has 0 bridgehead atoms. The van der Waals surface area contributed by atoms with Crippen molar-refractivity contribution >= 4 is 11.6 Å². The summed E-state index contributed by atoms with van der Waals surface area (Å²) in [4.78, 5) is 2.54. The van der Waals surface area contributed by atoms with E-state index in [9.17, 15) is 0 Å². The summed E-state index contributed by atoms with van der Waals surface area (Å²) in [6, 6.07) is 19.1. The molecule has 1 unspecified atom stereocenters. The van der Waals surface area contributed by atoms with Gasteiger partial charge in [0.05, 0.1) is 6.04 Å². The minimum absolute atomic E-state index is 0.171. The highest BCUT2D eigenvalue weighted by Crippen LogP contribution is 2.36. The van der Waals surface area contributed by atoms with Crippen molar-refractivity contribution in [3.63, 3.8) is 0 Å². The van der Waals surface area contributed by atoms with Crippen molar-refractivity contribution in [2.75, 3.05) is 19.8 Å². The molecule has 0 N–H and O–H groups in total. The summed E-state index contributed by atoms with van der Waals surface area (Å²) in [7, 11) is 0. The Bertz CT molecular complexity index is 984. The van der Waals surface area contributed by atoms with E-state index in [0.29, 0.717) is 13.2 Å². The van der Waals surface area contributed by atoms with Crippen molar-refractivity contribution in [2.24, 2.45) is 0 Å². The molecule has 3 heterocycles. The molecule has 2 aromatic carbocycles. The molecule has 2 aliphatic rings. The number of ether oxygens (including phenoxy) is 2. The van der Waals surface area contributed by atoms with E-state index in [0.717, 1.165) is 42.6 Å². The van der Waals surface area contributed by atoms with Gasteiger partial charge in [0.1, 0.15) is 13.2 Å². The van der Waals surface area contributed by atoms with Gasteiger partial charge in [-0.3, -0.25) is 4.90 Å². The van der Waals surface area contributed by atoms with Gasteiger partial charge in [0.2, 0.25) is 0 Å². The SMILES string of the molecule is Clc1cccc(C2c3cccn3CCCN2Cc2ccc3c(c2)OCCO3)c1. The van der Waals surface area contributed by atoms with Crippen LogP contribution in [0.4, 0.5) is 0 Å². The largest absolute Gasteiger partial charge is 0.486 e. The molecule has 0 saturated heterocycles. The van der Waals surface area contributed by atoms with Crippen molar-refractivity contribution < 1.29 is 9.47 Å². The van der Waals surface area contributed by atoms with Crippen LogP contribution >= 0.6 is 11.6 Å². The third-order valence-corrected chi connectivity index (χ3v) is 5.75. The van der Waals surface area contributed by atoms with Crippen molar-refractivity contribution in [2.45, 2.75) is 25.6 Å². The van der Waals surface area contributed by atoms with E-state index in [2.05, 4.69) is 52.1 Å². The third-order valence-electron chi connectivity index (χ3n) is 5.51. The Balaban J connectivity index is 1.51. The number of halogens is 1. The van der Waals surface area contributed by atoms with Crippen LogP contribution < -0.4 is 9.47 Å². The van der Waals surface area contributed by atoms with Gasteiger partial charge in [-0.25, -0.2) is 0 Å². The smallest absolute Gasteiger partial charge is 0.161 e. The summed E-state index contributed by atoms with van der Waals surface area (Å²) in [5.74, 6) is 1.69. The average Bonchev–Trinajstić information content (AvgIpc) is 3.09. The van der Waals surface area contributed by atoms with Crippen LogP contribution in [0.2, 0.25) is 5.02 Å². The zero-order chi connectivity index (χ0) is 18.9. The highest BCUT2D eigenvalue weighted by molar-refractivity contribution is 6.30. The summed E-state index contributed by atoms with van der Waals surface area (Å²) in [5.41, 5.74) is 3.78. The molecule has 3 aromatic rings. The van der Waals surface area contributed by atoms with E-state index in [4.69, 9.17) is 21.1 Å². The second kappa shape index (κ2) is 7.53. The zero-order valence-corrected chi connectivity index (χ0v) is 16.4. The number of fused-ring (bicyclic) bond motifs is 2. The molecule has 0 aliphatic carbocycles. The third kappa shape index (κ3) is 3.38.